The second-order valence-electron chi connectivity index (χ2n) is 15.0. The molecule has 1 aliphatic carbocycles. The predicted octanol–water partition coefficient (Wildman–Crippen LogP) is 7.76. The van der Waals surface area contributed by atoms with Crippen LogP contribution in [0.5, 0.6) is 0 Å². The first kappa shape index (κ1) is 38.6. The van der Waals surface area contributed by atoms with Crippen LogP contribution in [0.15, 0.2) is 36.4 Å². The Kier molecular flexibility index (Phi) is 9.53. The number of rotatable bonds is 6. The Morgan fingerprint density at radius 2 is 1.26 bits per heavy atom. The first-order valence-corrected chi connectivity index (χ1v) is 16.3. The van der Waals surface area contributed by atoms with E-state index in [-0.39, 0.29) is 22.5 Å². The van der Waals surface area contributed by atoms with Gasteiger partial charge in [0.25, 0.3) is 5.60 Å². The van der Waals surface area contributed by atoms with Gasteiger partial charge >= 0.3 is 18.2 Å². The number of ether oxygens (including phenoxy) is 5. The molecule has 0 bridgehead atoms. The predicted molar refractivity (Wildman–Crippen MR) is 182 cm³/mol. The van der Waals surface area contributed by atoms with Gasteiger partial charge in [-0.2, -0.15) is 10.5 Å². The lowest BCUT2D eigenvalue weighted by Gasteiger charge is -2.45. The van der Waals surface area contributed by atoms with Crippen LogP contribution in [0, 0.1) is 40.1 Å². The molecule has 2 amide bonds. The van der Waals surface area contributed by atoms with E-state index >= 15 is 13.2 Å². The minimum Gasteiger partial charge on any atom is -0.444 e. The van der Waals surface area contributed by atoms with E-state index in [9.17, 15) is 24.9 Å². The highest BCUT2D eigenvalue weighted by Gasteiger charge is 2.60. The van der Waals surface area contributed by atoms with Crippen molar-refractivity contribution in [1.82, 2.24) is 0 Å². The number of halogens is 3. The van der Waals surface area contributed by atoms with Crippen LogP contribution in [0.4, 0.5) is 34.1 Å². The number of nitrogens with zero attached hydrogens (tertiary/aromatic N) is 2. The molecule has 53 heavy (non-hydrogen) atoms. The number of anilines is 2. The first-order valence-electron chi connectivity index (χ1n) is 16.3. The van der Waals surface area contributed by atoms with Crippen molar-refractivity contribution in [3.8, 4) is 12.1 Å². The third kappa shape index (κ3) is 6.51. The summed E-state index contributed by atoms with van der Waals surface area (Å²) in [6.45, 7) is 12.8. The van der Waals surface area contributed by atoms with Crippen molar-refractivity contribution in [2.45, 2.75) is 83.2 Å². The largest absolute Gasteiger partial charge is 0.444 e. The lowest BCUT2D eigenvalue weighted by atomic mass is 9.61. The molecule has 1 spiro atoms. The van der Waals surface area contributed by atoms with Crippen molar-refractivity contribution in [3.05, 3.63) is 92.8 Å². The highest BCUT2D eigenvalue weighted by Crippen LogP contribution is 2.59. The number of esters is 1. The van der Waals surface area contributed by atoms with Crippen molar-refractivity contribution in [2.24, 2.45) is 0 Å². The molecular formula is C38H37F3N4O8. The van der Waals surface area contributed by atoms with Crippen molar-refractivity contribution in [1.29, 1.82) is 10.5 Å². The molecule has 2 aliphatic rings. The van der Waals surface area contributed by atoms with Gasteiger partial charge in [-0.05, 0) is 76.9 Å². The van der Waals surface area contributed by atoms with Crippen LogP contribution in [0.2, 0.25) is 0 Å². The van der Waals surface area contributed by atoms with Gasteiger partial charge < -0.3 is 23.7 Å². The van der Waals surface area contributed by atoms with Gasteiger partial charge in [0.2, 0.25) is 0 Å². The molecule has 0 saturated heterocycles. The third-order valence-electron chi connectivity index (χ3n) is 8.62. The zero-order chi connectivity index (χ0) is 39.5. The number of nitriles is 2. The number of fused-ring (bicyclic) bond motifs is 6. The Balaban J connectivity index is 1.86. The number of benzene rings is 3. The molecule has 1 heterocycles. The molecule has 1 aliphatic heterocycles. The smallest absolute Gasteiger partial charge is 0.412 e. The number of methoxy groups -OCH3 is 1. The molecule has 0 atom stereocenters. The van der Waals surface area contributed by atoms with Crippen LogP contribution in [0.25, 0.3) is 0 Å². The van der Waals surface area contributed by atoms with Gasteiger partial charge in [0.05, 0.1) is 11.1 Å². The average Bonchev–Trinajstić information content (AvgIpc) is 3.36. The van der Waals surface area contributed by atoms with Crippen molar-refractivity contribution in [3.63, 3.8) is 0 Å². The Morgan fingerprint density at radius 3 is 1.68 bits per heavy atom. The first-order chi connectivity index (χ1) is 24.6. The average molecular weight is 735 g/mol. The van der Waals surface area contributed by atoms with Gasteiger partial charge in [-0.25, -0.2) is 27.6 Å². The number of nitrogens with one attached hydrogen (secondary N) is 2. The molecule has 15 heteroatoms. The maximum atomic E-state index is 17.3. The molecule has 12 nitrogen and oxygen atoms in total. The van der Waals surface area contributed by atoms with Crippen LogP contribution < -0.4 is 10.6 Å². The normalized spacial score (nSPS) is 15.2. The molecule has 2 N–H and O–H groups in total. The summed E-state index contributed by atoms with van der Waals surface area (Å²) < 4.78 is 76.1. The van der Waals surface area contributed by atoms with E-state index in [4.69, 9.17) is 23.7 Å². The standard InChI is InChI=1S/C38H37F3N4O8/c1-34(2,3)52-32(47)44-19-10-12-21-23(14-19)36(7,8)24-15-20(45-33(48)53-35(4,5)6)11-13-22(24)38(21)26-25(31(46)51-38)28(39)30(41)27(29(26)40)37(16-42,17-43)50-18-49-9/h10-15H,18H2,1-9H3,(H,44,47)(H,45,48). The fraction of sp³-hybridized carbons (Fsp3) is 0.395. The Labute approximate surface area is 303 Å². The van der Waals surface area contributed by atoms with Gasteiger partial charge in [-0.1, -0.05) is 26.0 Å². The summed E-state index contributed by atoms with van der Waals surface area (Å²) in [5.74, 6) is -7.00. The van der Waals surface area contributed by atoms with E-state index in [0.29, 0.717) is 11.1 Å². The maximum Gasteiger partial charge on any atom is 0.412 e. The molecule has 3 aromatic carbocycles. The van der Waals surface area contributed by atoms with Crippen molar-refractivity contribution < 1.29 is 51.2 Å². The Bertz CT molecular complexity index is 2040. The van der Waals surface area contributed by atoms with Gasteiger partial charge in [-0.15, -0.1) is 0 Å². The van der Waals surface area contributed by atoms with Gasteiger partial charge in [0.15, 0.2) is 17.2 Å². The lowest BCUT2D eigenvalue weighted by molar-refractivity contribution is -0.0862. The fourth-order valence-corrected chi connectivity index (χ4v) is 6.56. The second kappa shape index (κ2) is 13.1. The van der Waals surface area contributed by atoms with E-state index in [1.165, 1.54) is 48.5 Å². The van der Waals surface area contributed by atoms with E-state index < -0.39 is 86.9 Å². The van der Waals surface area contributed by atoms with Crippen molar-refractivity contribution in [2.75, 3.05) is 24.5 Å². The van der Waals surface area contributed by atoms with Crippen LogP contribution in [-0.4, -0.2) is 43.3 Å². The van der Waals surface area contributed by atoms with Crippen LogP contribution in [0.3, 0.4) is 0 Å². The van der Waals surface area contributed by atoms with E-state index in [0.717, 1.165) is 7.11 Å². The molecule has 5 rings (SSSR count). The zero-order valence-electron chi connectivity index (χ0n) is 30.5. The highest BCUT2D eigenvalue weighted by molar-refractivity contribution is 5.98. The molecule has 0 unspecified atom stereocenters. The van der Waals surface area contributed by atoms with E-state index in [2.05, 4.69) is 10.6 Å². The minimum absolute atomic E-state index is 0.0814. The summed E-state index contributed by atoms with van der Waals surface area (Å²) in [7, 11) is 1.13. The van der Waals surface area contributed by atoms with E-state index in [1.54, 1.807) is 55.4 Å². The van der Waals surface area contributed by atoms with Crippen LogP contribution in [0.1, 0.15) is 99.1 Å². The molecule has 0 saturated carbocycles. The number of hydrogen-bond acceptors (Lipinski definition) is 10. The van der Waals surface area contributed by atoms with E-state index in [1.807, 2.05) is 0 Å². The summed E-state index contributed by atoms with van der Waals surface area (Å²) in [4.78, 5) is 39.2. The Morgan fingerprint density at radius 1 is 0.792 bits per heavy atom. The summed E-state index contributed by atoms with van der Waals surface area (Å²) in [5, 5.41) is 25.3. The SMILES string of the molecule is COCOC(C#N)(C#N)c1c(F)c(F)c2c(c1F)C1(OC2=O)c2ccc(NC(=O)OC(C)(C)C)cc2C(C)(C)c2cc(NC(=O)OC(C)(C)C)ccc21. The summed E-state index contributed by atoms with van der Waals surface area (Å²) in [5.41, 5.74) is -10.4. The van der Waals surface area contributed by atoms with Crippen molar-refractivity contribution >= 4 is 29.5 Å². The molecule has 278 valence electrons. The lowest BCUT2D eigenvalue weighted by Crippen LogP contribution is -2.42. The highest BCUT2D eigenvalue weighted by atomic mass is 19.2. The number of carbonyl (C=O) groups excluding carboxylic acids is 3. The number of hydrogen-bond donors (Lipinski definition) is 2. The minimum atomic E-state index is -3.07. The zero-order valence-corrected chi connectivity index (χ0v) is 30.5. The molecule has 3 aromatic rings. The summed E-state index contributed by atoms with van der Waals surface area (Å²) in [6.07, 6.45) is -1.59. The molecule has 0 radical (unpaired) electrons. The maximum absolute atomic E-state index is 17.3. The number of carbonyl (C=O) groups is 3. The summed E-state index contributed by atoms with van der Waals surface area (Å²) >= 11 is 0. The van der Waals surface area contributed by atoms with Crippen LogP contribution in [-0.2, 0) is 40.3 Å². The number of amides is 2. The monoisotopic (exact) mass is 734 g/mol. The second-order valence-corrected chi connectivity index (χ2v) is 15.0. The van der Waals surface area contributed by atoms with Gasteiger partial charge in [-0.3, -0.25) is 10.6 Å². The molecule has 0 aromatic heterocycles. The molecule has 0 fully saturated rings. The van der Waals surface area contributed by atoms with Gasteiger partial charge in [0, 0.05) is 35.0 Å². The Hall–Kier alpha value is -5.64. The summed E-state index contributed by atoms with van der Waals surface area (Å²) in [6, 6.07) is 11.6. The fourth-order valence-electron chi connectivity index (χ4n) is 6.56. The third-order valence-corrected chi connectivity index (χ3v) is 8.62. The van der Waals surface area contributed by atoms with Crippen LogP contribution >= 0.6 is 0 Å². The van der Waals surface area contributed by atoms with Gasteiger partial charge in [0.1, 0.15) is 41.5 Å². The topological polar surface area (TPSA) is 169 Å². The molecular weight excluding hydrogens is 697 g/mol. The quantitative estimate of drug-likeness (QED) is 0.110.